The van der Waals surface area contributed by atoms with Crippen LogP contribution in [0.5, 0.6) is 0 Å². The minimum absolute atomic E-state index is 0.0270. The average Bonchev–Trinajstić information content (AvgIpc) is 2.35. The van der Waals surface area contributed by atoms with Gasteiger partial charge >= 0.3 is 0 Å². The van der Waals surface area contributed by atoms with Crippen LogP contribution in [0.1, 0.15) is 18.5 Å². The summed E-state index contributed by atoms with van der Waals surface area (Å²) in [4.78, 5) is 4.01. The monoisotopic (exact) mass is 300 g/mol. The normalized spacial score (nSPS) is 12.2. The predicted octanol–water partition coefficient (Wildman–Crippen LogP) is 5.21. The molecule has 0 aliphatic heterocycles. The number of pyridine rings is 1. The molecule has 0 aliphatic carbocycles. The van der Waals surface area contributed by atoms with E-state index in [1.807, 2.05) is 25.1 Å². The van der Waals surface area contributed by atoms with Crippen LogP contribution in [-0.4, -0.2) is 4.98 Å². The smallest absolute Gasteiger partial charge is 0.129 e. The second-order valence-corrected chi connectivity index (χ2v) is 5.05. The summed E-state index contributed by atoms with van der Waals surface area (Å²) in [7, 11) is 0. The van der Waals surface area contributed by atoms with Gasteiger partial charge in [-0.15, -0.1) is 0 Å². The average molecular weight is 302 g/mol. The molecular formula is C13H11Cl3N2. The topological polar surface area (TPSA) is 24.9 Å². The Morgan fingerprint density at radius 3 is 2.56 bits per heavy atom. The molecule has 0 fully saturated rings. The number of hydrogen-bond donors (Lipinski definition) is 1. The van der Waals surface area contributed by atoms with Gasteiger partial charge < -0.3 is 5.32 Å². The summed E-state index contributed by atoms with van der Waals surface area (Å²) < 4.78 is 0. The summed E-state index contributed by atoms with van der Waals surface area (Å²) in [5.41, 5.74) is 1.82. The highest BCUT2D eigenvalue weighted by Crippen LogP contribution is 2.31. The zero-order chi connectivity index (χ0) is 13.1. The number of nitrogens with one attached hydrogen (secondary N) is 1. The van der Waals surface area contributed by atoms with Crippen molar-refractivity contribution in [1.82, 2.24) is 4.98 Å². The van der Waals surface area contributed by atoms with E-state index < -0.39 is 0 Å². The molecule has 0 spiro atoms. The molecule has 94 valence electrons. The summed E-state index contributed by atoms with van der Waals surface area (Å²) in [5.74, 6) is 0. The number of hydrogen-bond acceptors (Lipinski definition) is 2. The molecule has 1 aromatic carbocycles. The molecule has 0 aliphatic rings. The molecule has 18 heavy (non-hydrogen) atoms. The Bertz CT molecular complexity index is 540. The third kappa shape index (κ3) is 3.08. The van der Waals surface area contributed by atoms with Crippen molar-refractivity contribution >= 4 is 40.5 Å². The van der Waals surface area contributed by atoms with Gasteiger partial charge in [0.1, 0.15) is 5.15 Å². The van der Waals surface area contributed by atoms with E-state index in [1.165, 1.54) is 0 Å². The van der Waals surface area contributed by atoms with Crippen LogP contribution < -0.4 is 5.32 Å². The van der Waals surface area contributed by atoms with Crippen molar-refractivity contribution in [3.8, 4) is 0 Å². The van der Waals surface area contributed by atoms with Gasteiger partial charge in [-0.1, -0.05) is 46.9 Å². The van der Waals surface area contributed by atoms with Crippen molar-refractivity contribution in [3.05, 3.63) is 57.3 Å². The van der Waals surface area contributed by atoms with Gasteiger partial charge in [0.15, 0.2) is 0 Å². The molecule has 0 saturated carbocycles. The molecule has 1 heterocycles. The maximum absolute atomic E-state index is 6.17. The van der Waals surface area contributed by atoms with Crippen molar-refractivity contribution in [3.63, 3.8) is 0 Å². The van der Waals surface area contributed by atoms with Crippen molar-refractivity contribution in [1.29, 1.82) is 0 Å². The molecule has 2 aromatic rings. The zero-order valence-corrected chi connectivity index (χ0v) is 11.9. The van der Waals surface area contributed by atoms with Crippen molar-refractivity contribution in [2.45, 2.75) is 13.0 Å². The minimum atomic E-state index is 0.0270. The van der Waals surface area contributed by atoms with Crippen LogP contribution in [0.25, 0.3) is 0 Å². The lowest BCUT2D eigenvalue weighted by atomic mass is 10.1. The molecule has 0 bridgehead atoms. The third-order valence-electron chi connectivity index (χ3n) is 2.56. The molecule has 1 unspecified atom stereocenters. The van der Waals surface area contributed by atoms with Gasteiger partial charge in [0, 0.05) is 0 Å². The van der Waals surface area contributed by atoms with E-state index in [0.29, 0.717) is 15.2 Å². The van der Waals surface area contributed by atoms with Crippen LogP contribution in [0, 0.1) is 0 Å². The maximum atomic E-state index is 6.17. The molecule has 1 N–H and O–H groups in total. The fourth-order valence-electron chi connectivity index (χ4n) is 1.64. The highest BCUT2D eigenvalue weighted by molar-refractivity contribution is 6.42. The first-order valence-corrected chi connectivity index (χ1v) is 6.53. The van der Waals surface area contributed by atoms with Crippen molar-refractivity contribution < 1.29 is 0 Å². The fourth-order valence-corrected chi connectivity index (χ4v) is 2.23. The van der Waals surface area contributed by atoms with E-state index in [-0.39, 0.29) is 6.04 Å². The number of halogens is 3. The lowest BCUT2D eigenvalue weighted by Gasteiger charge is -2.17. The van der Waals surface area contributed by atoms with Gasteiger partial charge in [-0.3, -0.25) is 0 Å². The van der Waals surface area contributed by atoms with Gasteiger partial charge in [0.25, 0.3) is 0 Å². The van der Waals surface area contributed by atoms with E-state index in [2.05, 4.69) is 10.3 Å². The second kappa shape index (κ2) is 5.79. The van der Waals surface area contributed by atoms with Crippen molar-refractivity contribution in [2.75, 3.05) is 5.32 Å². The quantitative estimate of drug-likeness (QED) is 0.787. The van der Waals surface area contributed by atoms with Crippen LogP contribution in [0.2, 0.25) is 15.2 Å². The Morgan fingerprint density at radius 2 is 1.89 bits per heavy atom. The number of anilines is 1. The van der Waals surface area contributed by atoms with Gasteiger partial charge in [-0.05, 0) is 30.7 Å². The SMILES string of the molecule is CC(Nc1ccc(Cl)nc1)c1cccc(Cl)c1Cl. The minimum Gasteiger partial charge on any atom is -0.377 e. The number of rotatable bonds is 3. The molecule has 2 nitrogen and oxygen atoms in total. The Kier molecular flexibility index (Phi) is 4.33. The van der Waals surface area contributed by atoms with Crippen LogP contribution in [-0.2, 0) is 0 Å². The highest BCUT2D eigenvalue weighted by atomic mass is 35.5. The lowest BCUT2D eigenvalue weighted by Crippen LogP contribution is -2.07. The van der Waals surface area contributed by atoms with E-state index >= 15 is 0 Å². The zero-order valence-electron chi connectivity index (χ0n) is 9.62. The first-order valence-electron chi connectivity index (χ1n) is 5.40. The third-order valence-corrected chi connectivity index (χ3v) is 3.62. The van der Waals surface area contributed by atoms with E-state index in [9.17, 15) is 0 Å². The standard InChI is InChI=1S/C13H11Cl3N2/c1-8(10-3-2-4-11(14)13(10)16)18-9-5-6-12(15)17-7-9/h2-8,18H,1H3. The van der Waals surface area contributed by atoms with Crippen LogP contribution in [0.4, 0.5) is 5.69 Å². The fraction of sp³-hybridized carbons (Fsp3) is 0.154. The van der Waals surface area contributed by atoms with E-state index in [0.717, 1.165) is 11.3 Å². The molecular weight excluding hydrogens is 291 g/mol. The maximum Gasteiger partial charge on any atom is 0.129 e. The number of nitrogens with zero attached hydrogens (tertiary/aromatic N) is 1. The van der Waals surface area contributed by atoms with Gasteiger partial charge in [0.05, 0.1) is 28.0 Å². The Balaban J connectivity index is 2.19. The van der Waals surface area contributed by atoms with E-state index in [4.69, 9.17) is 34.8 Å². The van der Waals surface area contributed by atoms with E-state index in [1.54, 1.807) is 18.3 Å². The highest BCUT2D eigenvalue weighted by Gasteiger charge is 2.11. The summed E-state index contributed by atoms with van der Waals surface area (Å²) in [5, 5.41) is 4.88. The molecule has 1 atom stereocenters. The van der Waals surface area contributed by atoms with Gasteiger partial charge in [-0.25, -0.2) is 4.98 Å². The molecule has 5 heteroatoms. The Hall–Kier alpha value is -0.960. The van der Waals surface area contributed by atoms with Gasteiger partial charge in [-0.2, -0.15) is 0 Å². The first-order chi connectivity index (χ1) is 8.58. The van der Waals surface area contributed by atoms with Crippen LogP contribution in [0.3, 0.4) is 0 Å². The summed E-state index contributed by atoms with van der Waals surface area (Å²) in [6.45, 7) is 2.01. The largest absolute Gasteiger partial charge is 0.377 e. The predicted molar refractivity (Wildman–Crippen MR) is 77.7 cm³/mol. The van der Waals surface area contributed by atoms with Crippen LogP contribution >= 0.6 is 34.8 Å². The summed E-state index contributed by atoms with van der Waals surface area (Å²) >= 11 is 17.9. The van der Waals surface area contributed by atoms with Gasteiger partial charge in [0.2, 0.25) is 0 Å². The second-order valence-electron chi connectivity index (χ2n) is 3.88. The van der Waals surface area contributed by atoms with Crippen LogP contribution in [0.15, 0.2) is 36.5 Å². The lowest BCUT2D eigenvalue weighted by molar-refractivity contribution is 0.883. The first kappa shape index (κ1) is 13.5. The molecule has 0 radical (unpaired) electrons. The number of aromatic nitrogens is 1. The molecule has 1 aromatic heterocycles. The van der Waals surface area contributed by atoms with Crippen molar-refractivity contribution in [2.24, 2.45) is 0 Å². The summed E-state index contributed by atoms with van der Waals surface area (Å²) in [6.07, 6.45) is 1.68. The molecule has 2 rings (SSSR count). The summed E-state index contributed by atoms with van der Waals surface area (Å²) in [6, 6.07) is 9.21. The Morgan fingerprint density at radius 1 is 1.11 bits per heavy atom. The Labute approximate surface area is 121 Å². The number of benzene rings is 1. The molecule has 0 amide bonds. The molecule has 0 saturated heterocycles.